The highest BCUT2D eigenvalue weighted by molar-refractivity contribution is 6.62. The van der Waals surface area contributed by atoms with Crippen molar-refractivity contribution in [2.24, 2.45) is 0 Å². The van der Waals surface area contributed by atoms with Gasteiger partial charge in [-0.3, -0.25) is 24.0 Å². The summed E-state index contributed by atoms with van der Waals surface area (Å²) in [5, 5.41) is 28.5. The molecule has 0 radical (unpaired) electrons. The maximum absolute atomic E-state index is 14.3. The van der Waals surface area contributed by atoms with Crippen LogP contribution >= 0.6 is 0 Å². The average molecular weight is 700 g/mol. The molecule has 51 heavy (non-hydrogen) atoms. The summed E-state index contributed by atoms with van der Waals surface area (Å²) in [7, 11) is -2.47. The van der Waals surface area contributed by atoms with Crippen molar-refractivity contribution < 1.29 is 57.4 Å². The fourth-order valence-electron chi connectivity index (χ4n) is 5.93. The minimum Gasteiger partial charge on any atom is -0.423 e. The third-order valence-electron chi connectivity index (χ3n) is 8.71. The lowest BCUT2D eigenvalue weighted by atomic mass is 9.78. The molecule has 5 amide bonds. The number of benzene rings is 3. The number of imide groups is 1. The molecule has 0 aliphatic carbocycles. The van der Waals surface area contributed by atoms with E-state index in [2.05, 4.69) is 16.0 Å². The molecule has 0 spiro atoms. The van der Waals surface area contributed by atoms with Crippen LogP contribution in [0.15, 0.2) is 60.7 Å². The fraction of sp³-hybridized carbons (Fsp3) is 0.273. The van der Waals surface area contributed by atoms with E-state index in [4.69, 9.17) is 14.1 Å². The molecule has 3 aromatic rings. The van der Waals surface area contributed by atoms with Crippen molar-refractivity contribution in [3.05, 3.63) is 94.3 Å². The topological polar surface area (TPSA) is 210 Å². The lowest BCUT2D eigenvalue weighted by molar-refractivity contribution is -0.197. The van der Waals surface area contributed by atoms with E-state index in [0.29, 0.717) is 27.1 Å². The Bertz CT molecular complexity index is 1910. The number of hydrogen-bond donors (Lipinski definition) is 5. The first kappa shape index (κ1) is 35.4. The molecule has 6 rings (SSSR count). The molecule has 0 unspecified atom stereocenters. The van der Waals surface area contributed by atoms with Crippen molar-refractivity contribution in [3.8, 4) is 0 Å². The number of nitrogens with one attached hydrogen (secondary N) is 3. The summed E-state index contributed by atoms with van der Waals surface area (Å²) in [6.45, 7) is 1.76. The SMILES string of the molecule is C[C@H](NC(=O)c1ccc2c(c1)B(O)OC2)[C@H](NC(=O)c1ccc2c(c1)B(O)OC2)C(=O)N[C@@H](CC(=O)ON1C(=O)CCC1=O)c1cccc(F)c1. The molecular formula is C33H31B2FN4O11. The van der Waals surface area contributed by atoms with Crippen LogP contribution in [-0.2, 0) is 46.5 Å². The van der Waals surface area contributed by atoms with Crippen LogP contribution in [0.5, 0.6) is 0 Å². The van der Waals surface area contributed by atoms with Gasteiger partial charge in [-0.05, 0) is 70.9 Å². The number of fused-ring (bicyclic) bond motifs is 2. The van der Waals surface area contributed by atoms with Gasteiger partial charge in [-0.15, -0.1) is 5.06 Å². The van der Waals surface area contributed by atoms with Gasteiger partial charge in [0.2, 0.25) is 5.91 Å². The van der Waals surface area contributed by atoms with E-state index < -0.39 is 80.1 Å². The minimum atomic E-state index is -1.52. The summed E-state index contributed by atoms with van der Waals surface area (Å²) in [5.74, 6) is -5.54. The van der Waals surface area contributed by atoms with Crippen LogP contribution in [0.3, 0.4) is 0 Å². The molecule has 0 bridgehead atoms. The van der Waals surface area contributed by atoms with Crippen molar-refractivity contribution in [2.45, 2.75) is 57.5 Å². The van der Waals surface area contributed by atoms with E-state index in [0.717, 1.165) is 12.1 Å². The molecule has 3 aliphatic heterocycles. The molecule has 1 saturated heterocycles. The van der Waals surface area contributed by atoms with Crippen molar-refractivity contribution in [3.63, 3.8) is 0 Å². The first-order valence-electron chi connectivity index (χ1n) is 16.0. The normalized spacial score (nSPS) is 16.7. The number of rotatable bonds is 11. The van der Waals surface area contributed by atoms with Crippen LogP contribution in [0.2, 0.25) is 0 Å². The Labute approximate surface area is 290 Å². The summed E-state index contributed by atoms with van der Waals surface area (Å²) < 4.78 is 24.7. The second kappa shape index (κ2) is 14.8. The zero-order chi connectivity index (χ0) is 36.4. The van der Waals surface area contributed by atoms with E-state index in [1.54, 1.807) is 12.1 Å². The molecule has 3 aromatic carbocycles. The highest BCUT2D eigenvalue weighted by Crippen LogP contribution is 2.22. The molecule has 3 heterocycles. The zero-order valence-corrected chi connectivity index (χ0v) is 27.1. The Morgan fingerprint density at radius 3 is 1.98 bits per heavy atom. The maximum atomic E-state index is 14.3. The van der Waals surface area contributed by atoms with Gasteiger partial charge >= 0.3 is 20.2 Å². The predicted octanol–water partition coefficient (Wildman–Crippen LogP) is -0.967. The molecular weight excluding hydrogens is 669 g/mol. The van der Waals surface area contributed by atoms with Crippen LogP contribution in [0.25, 0.3) is 0 Å². The maximum Gasteiger partial charge on any atom is 0.491 e. The molecule has 15 nitrogen and oxygen atoms in total. The van der Waals surface area contributed by atoms with Crippen molar-refractivity contribution in [1.82, 2.24) is 21.0 Å². The molecule has 1 fully saturated rings. The second-order valence-electron chi connectivity index (χ2n) is 12.2. The number of amides is 5. The quantitative estimate of drug-likeness (QED) is 0.121. The van der Waals surface area contributed by atoms with Crippen LogP contribution in [0, 0.1) is 5.82 Å². The van der Waals surface area contributed by atoms with Crippen LogP contribution in [-0.4, -0.2) is 76.9 Å². The van der Waals surface area contributed by atoms with Gasteiger partial charge in [-0.1, -0.05) is 24.3 Å². The third kappa shape index (κ3) is 7.83. The summed E-state index contributed by atoms with van der Waals surface area (Å²) >= 11 is 0. The zero-order valence-electron chi connectivity index (χ0n) is 27.1. The molecule has 18 heteroatoms. The number of hydrogen-bond acceptors (Lipinski definition) is 11. The molecule has 3 atom stereocenters. The summed E-state index contributed by atoms with van der Waals surface area (Å²) in [6.07, 6.45) is -0.940. The highest BCUT2D eigenvalue weighted by Gasteiger charge is 2.36. The van der Waals surface area contributed by atoms with Gasteiger partial charge in [0, 0.05) is 24.0 Å². The number of nitrogens with zero attached hydrogens (tertiary/aromatic N) is 1. The Kier molecular flexibility index (Phi) is 10.3. The van der Waals surface area contributed by atoms with Gasteiger partial charge in [-0.25, -0.2) is 9.18 Å². The minimum absolute atomic E-state index is 0.0624. The number of carbonyl (C=O) groups excluding carboxylic acids is 6. The predicted molar refractivity (Wildman–Crippen MR) is 175 cm³/mol. The summed E-state index contributed by atoms with van der Waals surface area (Å²) in [4.78, 5) is 82.9. The van der Waals surface area contributed by atoms with Crippen molar-refractivity contribution in [1.29, 1.82) is 0 Å². The van der Waals surface area contributed by atoms with Crippen molar-refractivity contribution in [2.75, 3.05) is 0 Å². The molecule has 3 aliphatic rings. The Hall–Kier alpha value is -5.42. The van der Waals surface area contributed by atoms with E-state index in [1.165, 1.54) is 43.3 Å². The second-order valence-corrected chi connectivity index (χ2v) is 12.2. The standard InChI is InChI=1S/C33H31B2FN4O11/c1-17(37-31(44)19-5-7-21-15-49-34(47)24(21)12-19)30(39-32(45)20-6-8-22-16-50-35(48)25(22)13-20)33(46)38-26(18-3-2-4-23(36)11-18)14-29(43)51-40-27(41)9-10-28(40)42/h2-8,11-13,17,26,30,47-48H,9-10,14-16H2,1H3,(H,37,44)(H,38,46)(H,39,45)/t17-,26-,30-/m0/s1. The number of halogens is 1. The molecule has 262 valence electrons. The first-order valence-corrected chi connectivity index (χ1v) is 16.0. The van der Waals surface area contributed by atoms with Crippen LogP contribution in [0.4, 0.5) is 4.39 Å². The van der Waals surface area contributed by atoms with Gasteiger partial charge in [0.05, 0.1) is 31.7 Å². The lowest BCUT2D eigenvalue weighted by Gasteiger charge is -2.28. The van der Waals surface area contributed by atoms with E-state index in [9.17, 15) is 43.2 Å². The monoisotopic (exact) mass is 700 g/mol. The van der Waals surface area contributed by atoms with E-state index >= 15 is 0 Å². The van der Waals surface area contributed by atoms with Crippen LogP contribution < -0.4 is 26.9 Å². The van der Waals surface area contributed by atoms with Crippen LogP contribution in [0.1, 0.15) is 69.6 Å². The Morgan fingerprint density at radius 2 is 1.41 bits per heavy atom. The third-order valence-corrected chi connectivity index (χ3v) is 8.71. The van der Waals surface area contributed by atoms with Crippen molar-refractivity contribution >= 4 is 60.7 Å². The van der Waals surface area contributed by atoms with Gasteiger partial charge in [0.15, 0.2) is 0 Å². The Balaban J connectivity index is 1.25. The lowest BCUT2D eigenvalue weighted by Crippen LogP contribution is -2.58. The van der Waals surface area contributed by atoms with Gasteiger partial charge < -0.3 is 40.1 Å². The van der Waals surface area contributed by atoms with Gasteiger partial charge in [0.1, 0.15) is 11.9 Å². The van der Waals surface area contributed by atoms with E-state index in [-0.39, 0.29) is 42.7 Å². The van der Waals surface area contributed by atoms with E-state index in [1.807, 2.05) is 0 Å². The number of hydroxylamine groups is 2. The summed E-state index contributed by atoms with van der Waals surface area (Å²) in [6, 6.07) is 10.1. The van der Waals surface area contributed by atoms with Gasteiger partial charge in [-0.2, -0.15) is 0 Å². The molecule has 0 aromatic heterocycles. The molecule has 0 saturated carbocycles. The average Bonchev–Trinajstić information content (AvgIpc) is 3.78. The van der Waals surface area contributed by atoms with Gasteiger partial charge in [0.25, 0.3) is 23.6 Å². The number of carbonyl (C=O) groups is 6. The smallest absolute Gasteiger partial charge is 0.423 e. The summed E-state index contributed by atoms with van der Waals surface area (Å²) in [5.41, 5.74) is 2.45. The molecule has 5 N–H and O–H groups in total. The first-order chi connectivity index (χ1) is 24.4. The Morgan fingerprint density at radius 1 is 0.843 bits per heavy atom. The highest BCUT2D eigenvalue weighted by atomic mass is 19.1. The fourth-order valence-corrected chi connectivity index (χ4v) is 5.93. The largest absolute Gasteiger partial charge is 0.491 e.